The number of hydrogen-bond donors (Lipinski definition) is 0. The van der Waals surface area contributed by atoms with E-state index in [-0.39, 0.29) is 10.9 Å². The van der Waals surface area contributed by atoms with Crippen LogP contribution in [0.4, 0.5) is 0 Å². The van der Waals surface area contributed by atoms with Crippen LogP contribution in [-0.2, 0) is 17.1 Å². The van der Waals surface area contributed by atoms with Crippen molar-refractivity contribution in [1.82, 2.24) is 14.1 Å². The highest BCUT2D eigenvalue weighted by Crippen LogP contribution is 2.22. The van der Waals surface area contributed by atoms with Crippen molar-refractivity contribution in [2.45, 2.75) is 24.3 Å². The van der Waals surface area contributed by atoms with Gasteiger partial charge in [0.15, 0.2) is 0 Å². The molecule has 0 fully saturated rings. The minimum absolute atomic E-state index is 0.0230. The first-order valence-electron chi connectivity index (χ1n) is 5.23. The summed E-state index contributed by atoms with van der Waals surface area (Å²) in [5, 5.41) is 3.90. The molecule has 0 radical (unpaired) electrons. The molecule has 0 N–H and O–H groups in total. The number of hydrogen-bond acceptors (Lipinski definition) is 3. The molecule has 1 aromatic heterocycles. The Morgan fingerprint density at radius 2 is 2.31 bits per heavy atom. The molecule has 1 aliphatic heterocycles. The number of nitrogens with zero attached hydrogens (tertiary/aromatic N) is 3. The van der Waals surface area contributed by atoms with E-state index >= 15 is 0 Å². The molecular weight excluding hydrogens is 226 g/mol. The zero-order valence-electron chi connectivity index (χ0n) is 9.37. The first-order valence-corrected chi connectivity index (χ1v) is 6.67. The first kappa shape index (κ1) is 11.3. The van der Waals surface area contributed by atoms with Crippen molar-refractivity contribution in [1.29, 1.82) is 0 Å². The van der Waals surface area contributed by atoms with E-state index in [9.17, 15) is 8.42 Å². The Morgan fingerprint density at radius 1 is 1.56 bits per heavy atom. The fourth-order valence-corrected chi connectivity index (χ4v) is 3.43. The Hall–Kier alpha value is -1.14. The molecule has 0 aliphatic carbocycles. The van der Waals surface area contributed by atoms with Crippen LogP contribution in [0.5, 0.6) is 0 Å². The molecule has 0 bridgehead atoms. The summed E-state index contributed by atoms with van der Waals surface area (Å²) in [5.41, 5.74) is 0. The van der Waals surface area contributed by atoms with Crippen LogP contribution < -0.4 is 0 Å². The van der Waals surface area contributed by atoms with Gasteiger partial charge < -0.3 is 0 Å². The van der Waals surface area contributed by atoms with E-state index in [1.54, 1.807) is 7.05 Å². The monoisotopic (exact) mass is 241 g/mol. The molecule has 1 aliphatic rings. The molecule has 1 atom stereocenters. The molecule has 0 saturated heterocycles. The molecule has 0 aromatic carbocycles. The Balaban J connectivity index is 2.33. The molecule has 2 rings (SSSR count). The van der Waals surface area contributed by atoms with Gasteiger partial charge in [-0.25, -0.2) is 8.42 Å². The summed E-state index contributed by atoms with van der Waals surface area (Å²) in [6.45, 7) is 2.43. The third-order valence-electron chi connectivity index (χ3n) is 2.72. The molecule has 88 valence electrons. The second-order valence-corrected chi connectivity index (χ2v) is 5.72. The second-order valence-electron chi connectivity index (χ2n) is 3.83. The molecule has 2 heterocycles. The molecule has 6 heteroatoms. The molecular formula is C10H15N3O2S. The average molecular weight is 241 g/mol. The van der Waals surface area contributed by atoms with Crippen molar-refractivity contribution in [3.8, 4) is 0 Å². The summed E-state index contributed by atoms with van der Waals surface area (Å²) in [4.78, 5) is 0.261. The number of aromatic nitrogens is 2. The van der Waals surface area contributed by atoms with Crippen LogP contribution in [0, 0.1) is 0 Å². The standard InChI is InChI=1S/C10H15N3O2S/c1-3-9-5-4-6-13(9)16(14,15)10-7-11-12(2)8-10/h4-5,7-9H,3,6H2,1-2H3. The fourth-order valence-electron chi connectivity index (χ4n) is 1.84. The van der Waals surface area contributed by atoms with Crippen LogP contribution in [0.15, 0.2) is 29.4 Å². The normalized spacial score (nSPS) is 21.8. The van der Waals surface area contributed by atoms with Crippen LogP contribution >= 0.6 is 0 Å². The van der Waals surface area contributed by atoms with E-state index in [1.807, 2.05) is 19.1 Å². The third kappa shape index (κ3) is 1.78. The van der Waals surface area contributed by atoms with Gasteiger partial charge in [-0.3, -0.25) is 4.68 Å². The van der Waals surface area contributed by atoms with Gasteiger partial charge in [0.25, 0.3) is 0 Å². The predicted molar refractivity (Wildman–Crippen MR) is 60.3 cm³/mol. The lowest BCUT2D eigenvalue weighted by Gasteiger charge is -2.21. The molecule has 1 aromatic rings. The smallest absolute Gasteiger partial charge is 0.247 e. The Morgan fingerprint density at radius 3 is 2.88 bits per heavy atom. The van der Waals surface area contributed by atoms with Crippen molar-refractivity contribution in [3.63, 3.8) is 0 Å². The van der Waals surface area contributed by atoms with Crippen LogP contribution in [0.3, 0.4) is 0 Å². The van der Waals surface area contributed by atoms with Crippen LogP contribution in [0.1, 0.15) is 13.3 Å². The van der Waals surface area contributed by atoms with Gasteiger partial charge in [0.05, 0.1) is 6.20 Å². The Kier molecular flexibility index (Phi) is 2.86. The maximum atomic E-state index is 12.2. The van der Waals surface area contributed by atoms with Crippen molar-refractivity contribution in [3.05, 3.63) is 24.5 Å². The first-order chi connectivity index (χ1) is 7.55. The highest BCUT2D eigenvalue weighted by Gasteiger charge is 2.31. The van der Waals surface area contributed by atoms with Crippen molar-refractivity contribution in [2.24, 2.45) is 7.05 Å². The number of rotatable bonds is 3. The fraction of sp³-hybridized carbons (Fsp3) is 0.500. The van der Waals surface area contributed by atoms with Crippen LogP contribution in [-0.4, -0.2) is 35.1 Å². The van der Waals surface area contributed by atoms with Gasteiger partial charge in [0.1, 0.15) is 4.90 Å². The summed E-state index contributed by atoms with van der Waals surface area (Å²) in [6.07, 6.45) is 7.53. The van der Waals surface area contributed by atoms with E-state index in [0.717, 1.165) is 6.42 Å². The highest BCUT2D eigenvalue weighted by molar-refractivity contribution is 7.89. The van der Waals surface area contributed by atoms with Crippen molar-refractivity contribution in [2.75, 3.05) is 6.54 Å². The lowest BCUT2D eigenvalue weighted by Crippen LogP contribution is -2.35. The van der Waals surface area contributed by atoms with Crippen LogP contribution in [0.25, 0.3) is 0 Å². The molecule has 0 amide bonds. The molecule has 1 unspecified atom stereocenters. The summed E-state index contributed by atoms with van der Waals surface area (Å²) >= 11 is 0. The summed E-state index contributed by atoms with van der Waals surface area (Å²) in [7, 11) is -1.68. The lowest BCUT2D eigenvalue weighted by atomic mass is 10.2. The van der Waals surface area contributed by atoms with Gasteiger partial charge in [0.2, 0.25) is 10.0 Å². The van der Waals surface area contributed by atoms with E-state index in [0.29, 0.717) is 6.54 Å². The largest absolute Gasteiger partial charge is 0.274 e. The summed E-state index contributed by atoms with van der Waals surface area (Å²) in [5.74, 6) is 0. The topological polar surface area (TPSA) is 55.2 Å². The SMILES string of the molecule is CCC1C=CCN1S(=O)(=O)c1cnn(C)c1. The minimum Gasteiger partial charge on any atom is -0.274 e. The quantitative estimate of drug-likeness (QED) is 0.734. The zero-order valence-corrected chi connectivity index (χ0v) is 10.2. The van der Waals surface area contributed by atoms with Gasteiger partial charge >= 0.3 is 0 Å². The Bertz CT molecular complexity index is 504. The van der Waals surface area contributed by atoms with Crippen LogP contribution in [0.2, 0.25) is 0 Å². The summed E-state index contributed by atoms with van der Waals surface area (Å²) in [6, 6.07) is -0.0230. The maximum absolute atomic E-state index is 12.2. The van der Waals surface area contributed by atoms with Gasteiger partial charge in [-0.2, -0.15) is 9.40 Å². The predicted octanol–water partition coefficient (Wildman–Crippen LogP) is 0.759. The van der Waals surface area contributed by atoms with Gasteiger partial charge in [-0.05, 0) is 6.42 Å². The molecule has 5 nitrogen and oxygen atoms in total. The molecule has 0 spiro atoms. The zero-order chi connectivity index (χ0) is 11.8. The third-order valence-corrected chi connectivity index (χ3v) is 4.56. The molecule has 0 saturated carbocycles. The number of aryl methyl sites for hydroxylation is 1. The maximum Gasteiger partial charge on any atom is 0.247 e. The van der Waals surface area contributed by atoms with E-state index < -0.39 is 10.0 Å². The van der Waals surface area contributed by atoms with Gasteiger partial charge in [-0.15, -0.1) is 0 Å². The van der Waals surface area contributed by atoms with Crippen molar-refractivity contribution >= 4 is 10.0 Å². The van der Waals surface area contributed by atoms with E-state index in [2.05, 4.69) is 5.10 Å². The molecule has 16 heavy (non-hydrogen) atoms. The Labute approximate surface area is 95.4 Å². The number of sulfonamides is 1. The average Bonchev–Trinajstić information content (AvgIpc) is 2.85. The van der Waals surface area contributed by atoms with Gasteiger partial charge in [0, 0.05) is 25.8 Å². The van der Waals surface area contributed by atoms with E-state index in [4.69, 9.17) is 0 Å². The van der Waals surface area contributed by atoms with E-state index in [1.165, 1.54) is 21.4 Å². The second kappa shape index (κ2) is 4.03. The minimum atomic E-state index is -3.39. The highest BCUT2D eigenvalue weighted by atomic mass is 32.2. The summed E-state index contributed by atoms with van der Waals surface area (Å²) < 4.78 is 27.5. The van der Waals surface area contributed by atoms with Crippen molar-refractivity contribution < 1.29 is 8.42 Å². The van der Waals surface area contributed by atoms with Gasteiger partial charge in [-0.1, -0.05) is 19.1 Å². The lowest BCUT2D eigenvalue weighted by molar-refractivity contribution is 0.403.